The average molecular weight is 252 g/mol. The lowest BCUT2D eigenvalue weighted by atomic mass is 9.86. The molecule has 106 valence electrons. The van der Waals surface area contributed by atoms with E-state index in [1.54, 1.807) is 0 Å². The minimum absolute atomic E-state index is 0.874. The van der Waals surface area contributed by atoms with Gasteiger partial charge in [0.05, 0.1) is 0 Å². The maximum Gasteiger partial charge on any atom is 0.0136 e. The molecule has 2 heteroatoms. The first-order chi connectivity index (χ1) is 8.58. The third-order valence-corrected chi connectivity index (χ3v) is 5.32. The van der Waals surface area contributed by atoms with Gasteiger partial charge in [0.15, 0.2) is 0 Å². The fourth-order valence-electron chi connectivity index (χ4n) is 3.67. The van der Waals surface area contributed by atoms with Crippen LogP contribution in [0.15, 0.2) is 0 Å². The van der Waals surface area contributed by atoms with Crippen LogP contribution in [-0.2, 0) is 0 Å². The Balaban J connectivity index is 1.75. The minimum Gasteiger partial charge on any atom is -0.242 e. The highest BCUT2D eigenvalue weighted by atomic mass is 15.6. The predicted molar refractivity (Wildman–Crippen MR) is 78.3 cm³/mol. The maximum atomic E-state index is 2.65. The highest BCUT2D eigenvalue weighted by molar-refractivity contribution is 4.77. The first-order valence-corrected chi connectivity index (χ1v) is 8.07. The molecule has 2 nitrogen and oxygen atoms in total. The second-order valence-electron chi connectivity index (χ2n) is 7.07. The molecular formula is C16H32N2. The quantitative estimate of drug-likeness (QED) is 0.756. The standard InChI is InChI=1S/C16H32N2/c1-13(2)15-5-9-17(10-6-15)18-11-7-16(8-12-18)14(3)4/h13-16H,5-12H2,1-4H3. The molecule has 0 aromatic rings. The fourth-order valence-corrected chi connectivity index (χ4v) is 3.67. The third kappa shape index (κ3) is 3.48. The van der Waals surface area contributed by atoms with Crippen LogP contribution in [0.3, 0.4) is 0 Å². The zero-order valence-corrected chi connectivity index (χ0v) is 12.9. The summed E-state index contributed by atoms with van der Waals surface area (Å²) in [6.45, 7) is 14.7. The second kappa shape index (κ2) is 6.38. The molecule has 0 N–H and O–H groups in total. The number of hydrazine groups is 1. The van der Waals surface area contributed by atoms with E-state index in [0.29, 0.717) is 0 Å². The molecule has 2 aliphatic rings. The molecule has 2 saturated heterocycles. The summed E-state index contributed by atoms with van der Waals surface area (Å²) in [4.78, 5) is 0. The van der Waals surface area contributed by atoms with Crippen LogP contribution in [0.25, 0.3) is 0 Å². The Morgan fingerprint density at radius 3 is 1.11 bits per heavy atom. The van der Waals surface area contributed by atoms with E-state index in [0.717, 1.165) is 23.7 Å². The molecule has 0 aliphatic carbocycles. The van der Waals surface area contributed by atoms with E-state index >= 15 is 0 Å². The van der Waals surface area contributed by atoms with Crippen LogP contribution in [0.4, 0.5) is 0 Å². The summed E-state index contributed by atoms with van der Waals surface area (Å²) < 4.78 is 0. The number of hydrogen-bond acceptors (Lipinski definition) is 2. The van der Waals surface area contributed by atoms with Crippen molar-refractivity contribution >= 4 is 0 Å². The van der Waals surface area contributed by atoms with E-state index < -0.39 is 0 Å². The first-order valence-electron chi connectivity index (χ1n) is 8.07. The molecule has 0 aromatic carbocycles. The molecule has 0 atom stereocenters. The van der Waals surface area contributed by atoms with Gasteiger partial charge in [-0.05, 0) is 49.4 Å². The van der Waals surface area contributed by atoms with Crippen LogP contribution < -0.4 is 0 Å². The van der Waals surface area contributed by atoms with Gasteiger partial charge in [-0.25, -0.2) is 10.0 Å². The SMILES string of the molecule is CC(C)C1CCN(N2CCC(C(C)C)CC2)CC1. The van der Waals surface area contributed by atoms with E-state index in [-0.39, 0.29) is 0 Å². The van der Waals surface area contributed by atoms with Crippen LogP contribution >= 0.6 is 0 Å². The number of hydrogen-bond donors (Lipinski definition) is 0. The van der Waals surface area contributed by atoms with E-state index in [1.165, 1.54) is 51.9 Å². The maximum absolute atomic E-state index is 2.65. The van der Waals surface area contributed by atoms with Gasteiger partial charge < -0.3 is 0 Å². The van der Waals surface area contributed by atoms with Gasteiger partial charge in [0.25, 0.3) is 0 Å². The molecule has 0 amide bonds. The summed E-state index contributed by atoms with van der Waals surface area (Å²) in [6, 6.07) is 0. The van der Waals surface area contributed by atoms with Crippen molar-refractivity contribution in [2.75, 3.05) is 26.2 Å². The van der Waals surface area contributed by atoms with Crippen LogP contribution in [0, 0.1) is 23.7 Å². The van der Waals surface area contributed by atoms with Crippen LogP contribution in [0.5, 0.6) is 0 Å². The Hall–Kier alpha value is -0.0800. The zero-order chi connectivity index (χ0) is 13.1. The molecule has 2 heterocycles. The molecule has 2 fully saturated rings. The van der Waals surface area contributed by atoms with Crippen molar-refractivity contribution in [3.8, 4) is 0 Å². The molecule has 0 saturated carbocycles. The van der Waals surface area contributed by atoms with Gasteiger partial charge in [-0.2, -0.15) is 0 Å². The van der Waals surface area contributed by atoms with Crippen molar-refractivity contribution in [1.82, 2.24) is 10.0 Å². The fraction of sp³-hybridized carbons (Fsp3) is 1.00. The van der Waals surface area contributed by atoms with Gasteiger partial charge in [0.1, 0.15) is 0 Å². The molecule has 2 rings (SSSR count). The molecule has 0 unspecified atom stereocenters. The molecule has 0 radical (unpaired) electrons. The Morgan fingerprint density at radius 1 is 0.611 bits per heavy atom. The average Bonchev–Trinajstić information content (AvgIpc) is 2.39. The monoisotopic (exact) mass is 252 g/mol. The van der Waals surface area contributed by atoms with Crippen LogP contribution in [0.2, 0.25) is 0 Å². The topological polar surface area (TPSA) is 6.48 Å². The Labute approximate surface area is 114 Å². The molecule has 0 aromatic heterocycles. The van der Waals surface area contributed by atoms with Gasteiger partial charge in [-0.15, -0.1) is 0 Å². The summed E-state index contributed by atoms with van der Waals surface area (Å²) in [5, 5.41) is 5.30. The number of rotatable bonds is 3. The van der Waals surface area contributed by atoms with Gasteiger partial charge >= 0.3 is 0 Å². The predicted octanol–water partition coefficient (Wildman–Crippen LogP) is 3.64. The highest BCUT2D eigenvalue weighted by Crippen LogP contribution is 2.29. The van der Waals surface area contributed by atoms with Gasteiger partial charge in [-0.3, -0.25) is 0 Å². The van der Waals surface area contributed by atoms with Crippen molar-refractivity contribution in [1.29, 1.82) is 0 Å². The zero-order valence-electron chi connectivity index (χ0n) is 12.9. The van der Waals surface area contributed by atoms with E-state index in [1.807, 2.05) is 0 Å². The smallest absolute Gasteiger partial charge is 0.0136 e. The van der Waals surface area contributed by atoms with Gasteiger partial charge in [0, 0.05) is 26.2 Å². The lowest BCUT2D eigenvalue weighted by molar-refractivity contribution is -0.0758. The number of piperidine rings is 2. The van der Waals surface area contributed by atoms with Crippen molar-refractivity contribution in [3.63, 3.8) is 0 Å². The third-order valence-electron chi connectivity index (χ3n) is 5.32. The van der Waals surface area contributed by atoms with Gasteiger partial charge in [0.2, 0.25) is 0 Å². The first kappa shape index (κ1) is 14.3. The van der Waals surface area contributed by atoms with E-state index in [4.69, 9.17) is 0 Å². The van der Waals surface area contributed by atoms with Crippen molar-refractivity contribution in [2.45, 2.75) is 53.4 Å². The Bertz CT molecular complexity index is 207. The van der Waals surface area contributed by atoms with E-state index in [9.17, 15) is 0 Å². The van der Waals surface area contributed by atoms with Crippen LogP contribution in [0.1, 0.15) is 53.4 Å². The lowest BCUT2D eigenvalue weighted by Gasteiger charge is -2.44. The summed E-state index contributed by atoms with van der Waals surface area (Å²) in [6.07, 6.45) is 5.62. The van der Waals surface area contributed by atoms with Crippen molar-refractivity contribution < 1.29 is 0 Å². The summed E-state index contributed by atoms with van der Waals surface area (Å²) in [5.41, 5.74) is 0. The molecule has 0 spiro atoms. The molecule has 18 heavy (non-hydrogen) atoms. The second-order valence-corrected chi connectivity index (χ2v) is 7.07. The van der Waals surface area contributed by atoms with Crippen molar-refractivity contribution in [3.05, 3.63) is 0 Å². The summed E-state index contributed by atoms with van der Waals surface area (Å²) in [5.74, 6) is 3.68. The highest BCUT2D eigenvalue weighted by Gasteiger charge is 2.28. The lowest BCUT2D eigenvalue weighted by Crippen LogP contribution is -2.50. The molecule has 2 aliphatic heterocycles. The molecular weight excluding hydrogens is 220 g/mol. The number of nitrogens with zero attached hydrogens (tertiary/aromatic N) is 2. The van der Waals surface area contributed by atoms with E-state index in [2.05, 4.69) is 37.7 Å². The summed E-state index contributed by atoms with van der Waals surface area (Å²) in [7, 11) is 0. The Kier molecular flexibility index (Phi) is 5.08. The van der Waals surface area contributed by atoms with Crippen LogP contribution in [-0.4, -0.2) is 36.2 Å². The Morgan fingerprint density at radius 2 is 0.889 bits per heavy atom. The minimum atomic E-state index is 0.874. The van der Waals surface area contributed by atoms with Crippen molar-refractivity contribution in [2.24, 2.45) is 23.7 Å². The molecule has 0 bridgehead atoms. The largest absolute Gasteiger partial charge is 0.242 e. The normalized spacial score (nSPS) is 26.3. The van der Waals surface area contributed by atoms with Gasteiger partial charge in [-0.1, -0.05) is 27.7 Å². The summed E-state index contributed by atoms with van der Waals surface area (Å²) >= 11 is 0.